The molecular formula is C16H17BrClN3O3. The van der Waals surface area contributed by atoms with E-state index in [2.05, 4.69) is 26.2 Å². The van der Waals surface area contributed by atoms with Crippen molar-refractivity contribution >= 4 is 45.0 Å². The van der Waals surface area contributed by atoms with Crippen LogP contribution in [0, 0.1) is 0 Å². The topological polar surface area (TPSA) is 73.2 Å². The summed E-state index contributed by atoms with van der Waals surface area (Å²) in [5, 5.41) is 3.48. The molecule has 0 unspecified atom stereocenters. The number of rotatable bonds is 4. The van der Waals surface area contributed by atoms with Crippen LogP contribution in [0.5, 0.6) is 0 Å². The first-order chi connectivity index (χ1) is 11.2. The van der Waals surface area contributed by atoms with Crippen molar-refractivity contribution in [1.82, 2.24) is 9.55 Å². The number of ether oxygens (including phenoxy) is 1. The minimum atomic E-state index is -0.614. The molecule has 0 aliphatic carbocycles. The Morgan fingerprint density at radius 3 is 2.67 bits per heavy atom. The molecule has 8 heteroatoms. The van der Waals surface area contributed by atoms with Gasteiger partial charge >= 0.3 is 11.7 Å². The fourth-order valence-electron chi connectivity index (χ4n) is 1.87. The Kier molecular flexibility index (Phi) is 5.66. The molecule has 0 atom stereocenters. The lowest BCUT2D eigenvalue weighted by Gasteiger charge is -2.19. The second kappa shape index (κ2) is 7.36. The number of benzene rings is 1. The average Bonchev–Trinajstić information content (AvgIpc) is 2.44. The van der Waals surface area contributed by atoms with Gasteiger partial charge < -0.3 is 10.1 Å². The highest BCUT2D eigenvalue weighted by Crippen LogP contribution is 2.27. The third-order valence-electron chi connectivity index (χ3n) is 2.79. The van der Waals surface area contributed by atoms with Gasteiger partial charge in [0.1, 0.15) is 12.1 Å². The molecule has 128 valence electrons. The minimum absolute atomic E-state index is 0.214. The van der Waals surface area contributed by atoms with Gasteiger partial charge in [0, 0.05) is 6.20 Å². The van der Waals surface area contributed by atoms with Crippen molar-refractivity contribution in [1.29, 1.82) is 0 Å². The first-order valence-electron chi connectivity index (χ1n) is 7.16. The molecule has 0 radical (unpaired) electrons. The molecule has 0 saturated heterocycles. The lowest BCUT2D eigenvalue weighted by molar-refractivity contribution is -0.155. The minimum Gasteiger partial charge on any atom is -0.459 e. The second-order valence-corrected chi connectivity index (χ2v) is 7.30. The summed E-state index contributed by atoms with van der Waals surface area (Å²) >= 11 is 9.41. The van der Waals surface area contributed by atoms with E-state index in [1.54, 1.807) is 39.0 Å². The average molecular weight is 415 g/mol. The maximum absolute atomic E-state index is 12.1. The molecule has 0 bridgehead atoms. The summed E-state index contributed by atoms with van der Waals surface area (Å²) in [6.45, 7) is 5.07. The number of nitrogens with zero attached hydrogens (tertiary/aromatic N) is 2. The van der Waals surface area contributed by atoms with Crippen LogP contribution in [-0.4, -0.2) is 21.1 Å². The summed E-state index contributed by atoms with van der Waals surface area (Å²) in [4.78, 5) is 27.9. The zero-order valence-electron chi connectivity index (χ0n) is 13.5. The molecule has 2 aromatic rings. The van der Waals surface area contributed by atoms with E-state index < -0.39 is 17.3 Å². The van der Waals surface area contributed by atoms with E-state index in [1.807, 2.05) is 6.07 Å². The van der Waals surface area contributed by atoms with E-state index in [0.717, 1.165) is 0 Å². The highest BCUT2D eigenvalue weighted by Gasteiger charge is 2.18. The third-order valence-corrected chi connectivity index (χ3v) is 3.70. The molecule has 0 saturated carbocycles. The highest BCUT2D eigenvalue weighted by molar-refractivity contribution is 9.10. The summed E-state index contributed by atoms with van der Waals surface area (Å²) in [5.41, 5.74) is -0.563. The van der Waals surface area contributed by atoms with Gasteiger partial charge in [0.15, 0.2) is 5.82 Å². The standard InChI is InChI=1S/C16H17BrClN3O3/c1-16(2,3)24-13(22)9-21-8-10(17)14(20-15(21)23)19-12-7-5-4-6-11(12)18/h4-8H,9H2,1-3H3,(H,19,20,23). The molecule has 0 fully saturated rings. The Balaban J connectivity index is 2.21. The summed E-state index contributed by atoms with van der Waals surface area (Å²) in [5.74, 6) is -0.196. The molecule has 0 amide bonds. The predicted octanol–water partition coefficient (Wildman–Crippen LogP) is 3.74. The molecule has 1 N–H and O–H groups in total. The molecule has 0 spiro atoms. The van der Waals surface area contributed by atoms with Crippen molar-refractivity contribution in [3.05, 3.63) is 50.4 Å². The van der Waals surface area contributed by atoms with E-state index in [4.69, 9.17) is 16.3 Å². The lowest BCUT2D eigenvalue weighted by Crippen LogP contribution is -2.31. The number of para-hydroxylation sites is 1. The van der Waals surface area contributed by atoms with Gasteiger partial charge in [-0.25, -0.2) is 4.79 Å². The quantitative estimate of drug-likeness (QED) is 0.772. The van der Waals surface area contributed by atoms with Gasteiger partial charge in [0.2, 0.25) is 0 Å². The Labute approximate surface area is 152 Å². The summed E-state index contributed by atoms with van der Waals surface area (Å²) in [7, 11) is 0. The summed E-state index contributed by atoms with van der Waals surface area (Å²) in [6.07, 6.45) is 1.48. The van der Waals surface area contributed by atoms with Crippen molar-refractivity contribution in [3.63, 3.8) is 0 Å². The van der Waals surface area contributed by atoms with Crippen LogP contribution in [0.4, 0.5) is 11.5 Å². The predicted molar refractivity (Wildman–Crippen MR) is 96.8 cm³/mol. The number of aromatic nitrogens is 2. The molecule has 6 nitrogen and oxygen atoms in total. The number of hydrogen-bond acceptors (Lipinski definition) is 5. The zero-order chi connectivity index (χ0) is 17.9. The Morgan fingerprint density at radius 1 is 1.38 bits per heavy atom. The van der Waals surface area contributed by atoms with Crippen LogP contribution in [-0.2, 0) is 16.1 Å². The van der Waals surface area contributed by atoms with E-state index in [1.165, 1.54) is 10.8 Å². The first-order valence-corrected chi connectivity index (χ1v) is 8.33. The fourth-order valence-corrected chi connectivity index (χ4v) is 2.49. The van der Waals surface area contributed by atoms with Crippen LogP contribution >= 0.6 is 27.5 Å². The van der Waals surface area contributed by atoms with E-state index in [0.29, 0.717) is 21.0 Å². The normalized spacial score (nSPS) is 11.2. The smallest absolute Gasteiger partial charge is 0.350 e. The van der Waals surface area contributed by atoms with Gasteiger partial charge in [-0.15, -0.1) is 0 Å². The van der Waals surface area contributed by atoms with E-state index in [9.17, 15) is 9.59 Å². The molecule has 1 aromatic carbocycles. The summed E-state index contributed by atoms with van der Waals surface area (Å²) < 4.78 is 6.90. The highest BCUT2D eigenvalue weighted by atomic mass is 79.9. The molecular weight excluding hydrogens is 398 g/mol. The maximum Gasteiger partial charge on any atom is 0.350 e. The third kappa shape index (κ3) is 5.07. The van der Waals surface area contributed by atoms with Crippen LogP contribution in [0.25, 0.3) is 0 Å². The van der Waals surface area contributed by atoms with Crippen LogP contribution in [0.15, 0.2) is 39.7 Å². The SMILES string of the molecule is CC(C)(C)OC(=O)Cn1cc(Br)c(Nc2ccccc2Cl)nc1=O. The van der Waals surface area contributed by atoms with Crippen LogP contribution in [0.3, 0.4) is 0 Å². The van der Waals surface area contributed by atoms with Gasteiger partial charge in [-0.1, -0.05) is 23.7 Å². The number of carbonyl (C=O) groups is 1. The number of anilines is 2. The Morgan fingerprint density at radius 2 is 2.04 bits per heavy atom. The number of halogens is 2. The van der Waals surface area contributed by atoms with Crippen molar-refractivity contribution in [2.24, 2.45) is 0 Å². The van der Waals surface area contributed by atoms with Crippen molar-refractivity contribution in [2.75, 3.05) is 5.32 Å². The molecule has 1 aromatic heterocycles. The lowest BCUT2D eigenvalue weighted by atomic mass is 10.2. The monoisotopic (exact) mass is 413 g/mol. The van der Waals surface area contributed by atoms with E-state index in [-0.39, 0.29) is 6.54 Å². The number of esters is 1. The number of hydrogen-bond donors (Lipinski definition) is 1. The van der Waals surface area contributed by atoms with Gasteiger partial charge in [-0.3, -0.25) is 9.36 Å². The largest absolute Gasteiger partial charge is 0.459 e. The second-order valence-electron chi connectivity index (χ2n) is 6.04. The van der Waals surface area contributed by atoms with Gasteiger partial charge in [-0.05, 0) is 48.8 Å². The van der Waals surface area contributed by atoms with Crippen LogP contribution in [0.2, 0.25) is 5.02 Å². The van der Waals surface area contributed by atoms with Gasteiger partial charge in [0.05, 0.1) is 15.2 Å². The maximum atomic E-state index is 12.1. The van der Waals surface area contributed by atoms with Crippen LogP contribution in [0.1, 0.15) is 20.8 Å². The first kappa shape index (κ1) is 18.5. The zero-order valence-corrected chi connectivity index (χ0v) is 15.8. The molecule has 2 rings (SSSR count). The molecule has 0 aliphatic rings. The van der Waals surface area contributed by atoms with Gasteiger partial charge in [-0.2, -0.15) is 4.98 Å². The molecule has 24 heavy (non-hydrogen) atoms. The van der Waals surface area contributed by atoms with Crippen molar-refractivity contribution in [2.45, 2.75) is 32.9 Å². The van der Waals surface area contributed by atoms with Gasteiger partial charge in [0.25, 0.3) is 0 Å². The van der Waals surface area contributed by atoms with Crippen molar-refractivity contribution in [3.8, 4) is 0 Å². The van der Waals surface area contributed by atoms with E-state index >= 15 is 0 Å². The summed E-state index contributed by atoms with van der Waals surface area (Å²) in [6, 6.07) is 7.10. The number of nitrogens with one attached hydrogen (secondary N) is 1. The molecule has 1 heterocycles. The molecule has 0 aliphatic heterocycles. The number of carbonyl (C=O) groups excluding carboxylic acids is 1. The fraction of sp³-hybridized carbons (Fsp3) is 0.312. The van der Waals surface area contributed by atoms with Crippen LogP contribution < -0.4 is 11.0 Å². The Bertz CT molecular complexity index is 815. The Hall–Kier alpha value is -1.86. The van der Waals surface area contributed by atoms with Crippen molar-refractivity contribution < 1.29 is 9.53 Å².